The maximum absolute atomic E-state index is 12.3. The van der Waals surface area contributed by atoms with Gasteiger partial charge in [0.25, 0.3) is 15.9 Å². The number of sulfonamides is 1. The number of rotatable bonds is 5. The summed E-state index contributed by atoms with van der Waals surface area (Å²) in [7, 11) is -3.74. The maximum atomic E-state index is 12.3. The summed E-state index contributed by atoms with van der Waals surface area (Å²) in [5, 5.41) is 10.5. The topological polar surface area (TPSA) is 101 Å². The van der Waals surface area contributed by atoms with Gasteiger partial charge >= 0.3 is 0 Å². The number of thiophene rings is 1. The van der Waals surface area contributed by atoms with E-state index in [1.165, 1.54) is 23.5 Å². The molecule has 0 aliphatic heterocycles. The molecule has 0 atom stereocenters. The quantitative estimate of drug-likeness (QED) is 0.692. The van der Waals surface area contributed by atoms with Gasteiger partial charge in [-0.15, -0.1) is 21.5 Å². The molecule has 10 heteroatoms. The van der Waals surface area contributed by atoms with Crippen molar-refractivity contribution < 1.29 is 13.2 Å². The van der Waals surface area contributed by atoms with Crippen LogP contribution in [0.5, 0.6) is 0 Å². The SMILES string of the molecule is Cc1cc(C(=O)Nc2nnc(NS(=O)(=O)c3ccccc3)s2)c(C)s1. The first-order valence-corrected chi connectivity index (χ1v) is 10.3. The van der Waals surface area contributed by atoms with E-state index in [1.807, 2.05) is 13.8 Å². The van der Waals surface area contributed by atoms with Crippen LogP contribution in [-0.4, -0.2) is 24.5 Å². The van der Waals surface area contributed by atoms with Gasteiger partial charge in [0.05, 0.1) is 10.5 Å². The summed E-state index contributed by atoms with van der Waals surface area (Å²) in [4.78, 5) is 14.3. The summed E-state index contributed by atoms with van der Waals surface area (Å²) in [5.74, 6) is -0.296. The Hall–Kier alpha value is -2.30. The number of nitrogens with zero attached hydrogens (tertiary/aromatic N) is 2. The van der Waals surface area contributed by atoms with E-state index < -0.39 is 10.0 Å². The highest BCUT2D eigenvalue weighted by Crippen LogP contribution is 2.25. The Morgan fingerprint density at radius 2 is 1.72 bits per heavy atom. The number of aryl methyl sites for hydroxylation is 2. The summed E-state index contributed by atoms with van der Waals surface area (Å²) in [6, 6.07) is 9.75. The van der Waals surface area contributed by atoms with Crippen LogP contribution in [0.1, 0.15) is 20.1 Å². The van der Waals surface area contributed by atoms with Crippen LogP contribution < -0.4 is 10.0 Å². The Labute approximate surface area is 152 Å². The second-order valence-electron chi connectivity index (χ2n) is 5.11. The van der Waals surface area contributed by atoms with E-state index in [2.05, 4.69) is 20.2 Å². The van der Waals surface area contributed by atoms with Gasteiger partial charge in [0.2, 0.25) is 10.3 Å². The molecule has 0 bridgehead atoms. The molecule has 0 saturated heterocycles. The van der Waals surface area contributed by atoms with E-state index >= 15 is 0 Å². The summed E-state index contributed by atoms with van der Waals surface area (Å²) in [6.45, 7) is 3.79. The molecule has 1 amide bonds. The number of amides is 1. The highest BCUT2D eigenvalue weighted by molar-refractivity contribution is 7.93. The lowest BCUT2D eigenvalue weighted by atomic mass is 10.2. The monoisotopic (exact) mass is 394 g/mol. The number of aromatic nitrogens is 2. The molecular formula is C15H14N4O3S3. The number of benzene rings is 1. The Kier molecular flexibility index (Phi) is 4.84. The molecule has 1 aromatic carbocycles. The minimum atomic E-state index is -3.74. The van der Waals surface area contributed by atoms with Crippen LogP contribution in [0.2, 0.25) is 0 Å². The van der Waals surface area contributed by atoms with Crippen LogP contribution >= 0.6 is 22.7 Å². The molecule has 2 heterocycles. The van der Waals surface area contributed by atoms with Crippen LogP contribution in [0, 0.1) is 13.8 Å². The number of hydrogen-bond acceptors (Lipinski definition) is 7. The summed E-state index contributed by atoms with van der Waals surface area (Å²) >= 11 is 2.48. The first-order chi connectivity index (χ1) is 11.8. The van der Waals surface area contributed by atoms with E-state index in [4.69, 9.17) is 0 Å². The van der Waals surface area contributed by atoms with Crippen molar-refractivity contribution in [1.82, 2.24) is 10.2 Å². The average Bonchev–Trinajstić information content (AvgIpc) is 3.13. The molecule has 0 aliphatic carbocycles. The van der Waals surface area contributed by atoms with Crippen molar-refractivity contribution in [1.29, 1.82) is 0 Å². The summed E-state index contributed by atoms with van der Waals surface area (Å²) < 4.78 is 26.8. The van der Waals surface area contributed by atoms with Gasteiger partial charge in [0.1, 0.15) is 0 Å². The Bertz CT molecular complexity index is 1010. The van der Waals surface area contributed by atoms with Crippen LogP contribution in [0.3, 0.4) is 0 Å². The molecule has 130 valence electrons. The highest BCUT2D eigenvalue weighted by Gasteiger charge is 2.18. The van der Waals surface area contributed by atoms with Gasteiger partial charge in [-0.1, -0.05) is 29.5 Å². The van der Waals surface area contributed by atoms with Gasteiger partial charge in [-0.25, -0.2) is 8.42 Å². The number of anilines is 2. The number of nitrogens with one attached hydrogen (secondary N) is 2. The van der Waals surface area contributed by atoms with Gasteiger partial charge in [-0.3, -0.25) is 14.8 Å². The molecular weight excluding hydrogens is 380 g/mol. The van der Waals surface area contributed by atoms with Gasteiger partial charge in [-0.2, -0.15) is 0 Å². The van der Waals surface area contributed by atoms with Gasteiger partial charge in [-0.05, 0) is 32.0 Å². The third kappa shape index (κ3) is 4.03. The molecule has 3 aromatic rings. The number of carbonyl (C=O) groups excluding carboxylic acids is 1. The minimum absolute atomic E-state index is 0.0809. The predicted octanol–water partition coefficient (Wildman–Crippen LogP) is 3.27. The molecule has 0 radical (unpaired) electrons. The average molecular weight is 395 g/mol. The first kappa shape index (κ1) is 17.5. The van der Waals surface area contributed by atoms with Crippen molar-refractivity contribution in [2.75, 3.05) is 10.0 Å². The van der Waals surface area contributed by atoms with Crippen LogP contribution in [0.15, 0.2) is 41.3 Å². The zero-order chi connectivity index (χ0) is 18.0. The highest BCUT2D eigenvalue weighted by atomic mass is 32.2. The summed E-state index contributed by atoms with van der Waals surface area (Å²) in [5.41, 5.74) is 0.573. The zero-order valence-corrected chi connectivity index (χ0v) is 15.8. The lowest BCUT2D eigenvalue weighted by Crippen LogP contribution is -2.12. The molecule has 25 heavy (non-hydrogen) atoms. The second kappa shape index (κ2) is 6.90. The normalized spacial score (nSPS) is 11.3. The fraction of sp³-hybridized carbons (Fsp3) is 0.133. The van der Waals surface area contributed by atoms with E-state index in [1.54, 1.807) is 24.3 Å². The molecule has 0 fully saturated rings. The second-order valence-corrected chi connectivity index (χ2v) is 9.23. The number of hydrogen-bond donors (Lipinski definition) is 2. The van der Waals surface area contributed by atoms with Gasteiger partial charge < -0.3 is 0 Å². The molecule has 0 saturated carbocycles. The fourth-order valence-corrected chi connectivity index (χ4v) is 4.92. The van der Waals surface area contributed by atoms with Crippen molar-refractivity contribution >= 4 is 48.9 Å². The fourth-order valence-electron chi connectivity index (χ4n) is 2.11. The number of carbonyl (C=O) groups is 1. The van der Waals surface area contributed by atoms with E-state index in [0.717, 1.165) is 21.1 Å². The van der Waals surface area contributed by atoms with Crippen LogP contribution in [0.4, 0.5) is 10.3 Å². The van der Waals surface area contributed by atoms with Crippen LogP contribution in [-0.2, 0) is 10.0 Å². The van der Waals surface area contributed by atoms with Gasteiger partial charge in [0, 0.05) is 9.75 Å². The molecule has 2 N–H and O–H groups in total. The largest absolute Gasteiger partial charge is 0.296 e. The van der Waals surface area contributed by atoms with Crippen molar-refractivity contribution in [3.8, 4) is 0 Å². The molecule has 0 aliphatic rings. The van der Waals surface area contributed by atoms with Crippen molar-refractivity contribution in [3.63, 3.8) is 0 Å². The third-order valence-electron chi connectivity index (χ3n) is 3.21. The maximum Gasteiger partial charge on any atom is 0.263 e. The standard InChI is InChI=1S/C15H14N4O3S3/c1-9-8-12(10(2)23-9)13(20)16-14-17-18-15(24-14)19-25(21,22)11-6-4-3-5-7-11/h3-8H,1-2H3,(H,18,19)(H,16,17,20). The molecule has 2 aromatic heterocycles. The lowest BCUT2D eigenvalue weighted by molar-refractivity contribution is 0.102. The van der Waals surface area contributed by atoms with E-state index in [0.29, 0.717) is 5.56 Å². The van der Waals surface area contributed by atoms with Crippen molar-refractivity contribution in [3.05, 3.63) is 51.7 Å². The van der Waals surface area contributed by atoms with Crippen molar-refractivity contribution in [2.24, 2.45) is 0 Å². The van der Waals surface area contributed by atoms with Gasteiger partial charge in [0.15, 0.2) is 0 Å². The smallest absolute Gasteiger partial charge is 0.263 e. The Morgan fingerprint density at radius 1 is 1.04 bits per heavy atom. The first-order valence-electron chi connectivity index (χ1n) is 7.15. The van der Waals surface area contributed by atoms with E-state index in [-0.39, 0.29) is 21.1 Å². The third-order valence-corrected chi connectivity index (χ3v) is 6.41. The lowest BCUT2D eigenvalue weighted by Gasteiger charge is -2.03. The Balaban J connectivity index is 1.73. The predicted molar refractivity (Wildman–Crippen MR) is 98.9 cm³/mol. The molecule has 0 spiro atoms. The zero-order valence-electron chi connectivity index (χ0n) is 13.3. The molecule has 0 unspecified atom stereocenters. The Morgan fingerprint density at radius 3 is 2.36 bits per heavy atom. The molecule has 7 nitrogen and oxygen atoms in total. The summed E-state index contributed by atoms with van der Waals surface area (Å²) in [6.07, 6.45) is 0. The molecule has 3 rings (SSSR count). The van der Waals surface area contributed by atoms with E-state index in [9.17, 15) is 13.2 Å². The minimum Gasteiger partial charge on any atom is -0.296 e. The van der Waals surface area contributed by atoms with Crippen LogP contribution in [0.25, 0.3) is 0 Å². The van der Waals surface area contributed by atoms with Crippen molar-refractivity contribution in [2.45, 2.75) is 18.7 Å².